The van der Waals surface area contributed by atoms with Gasteiger partial charge in [-0.25, -0.2) is 4.68 Å². The summed E-state index contributed by atoms with van der Waals surface area (Å²) in [4.78, 5) is 40.3. The van der Waals surface area contributed by atoms with Crippen LogP contribution in [0, 0.1) is 11.8 Å². The third kappa shape index (κ3) is 3.96. The molecule has 3 amide bonds. The van der Waals surface area contributed by atoms with Crippen molar-refractivity contribution in [1.29, 1.82) is 0 Å². The van der Waals surface area contributed by atoms with Gasteiger partial charge in [-0.05, 0) is 66.0 Å². The molecule has 1 aromatic heterocycles. The van der Waals surface area contributed by atoms with Crippen LogP contribution in [0.5, 0.6) is 0 Å². The molecule has 9 nitrogen and oxygen atoms in total. The number of rotatable bonds is 7. The van der Waals surface area contributed by atoms with Crippen LogP contribution in [0.3, 0.4) is 0 Å². The molecule has 1 aliphatic carbocycles. The van der Waals surface area contributed by atoms with Gasteiger partial charge in [0, 0.05) is 5.69 Å². The van der Waals surface area contributed by atoms with E-state index in [4.69, 9.17) is 0 Å². The number of anilines is 1. The first kappa shape index (κ1) is 20.5. The van der Waals surface area contributed by atoms with Crippen molar-refractivity contribution in [1.82, 2.24) is 25.1 Å². The summed E-state index contributed by atoms with van der Waals surface area (Å²) in [6.07, 6.45) is 7.26. The van der Waals surface area contributed by atoms with Gasteiger partial charge in [0.25, 0.3) is 0 Å². The Kier molecular flexibility index (Phi) is 6.12. The van der Waals surface area contributed by atoms with Crippen molar-refractivity contribution in [2.75, 3.05) is 17.3 Å². The summed E-state index contributed by atoms with van der Waals surface area (Å²) in [5.74, 6) is -0.528. The molecule has 1 N–H and O–H groups in total. The quantitative estimate of drug-likeness (QED) is 0.671. The number of likely N-dealkylation sites (tertiary alicyclic amines) is 1. The molecule has 2 aliphatic rings. The highest BCUT2D eigenvalue weighted by Crippen LogP contribution is 2.39. The van der Waals surface area contributed by atoms with Gasteiger partial charge in [0.2, 0.25) is 17.7 Å². The summed E-state index contributed by atoms with van der Waals surface area (Å²) in [6, 6.07) is 6.26. The monoisotopic (exact) mass is 428 g/mol. The Morgan fingerprint density at radius 1 is 1.17 bits per heavy atom. The zero-order valence-corrected chi connectivity index (χ0v) is 17.5. The van der Waals surface area contributed by atoms with Crippen LogP contribution >= 0.6 is 11.8 Å². The third-order valence-corrected chi connectivity index (χ3v) is 6.48. The Hall–Kier alpha value is -2.75. The molecule has 0 radical (unpaired) electrons. The number of amides is 3. The lowest BCUT2D eigenvalue weighted by Gasteiger charge is -2.26. The highest BCUT2D eigenvalue weighted by Gasteiger charge is 2.51. The number of carbonyl (C=O) groups is 3. The number of fused-ring (bicyclic) bond motifs is 1. The number of benzene rings is 1. The second kappa shape index (κ2) is 8.95. The topological polar surface area (TPSA) is 110 Å². The molecule has 1 aromatic carbocycles. The van der Waals surface area contributed by atoms with E-state index in [0.29, 0.717) is 17.9 Å². The van der Waals surface area contributed by atoms with E-state index in [-0.39, 0.29) is 29.6 Å². The number of hydrogen-bond donors (Lipinski definition) is 1. The number of imide groups is 1. The molecule has 10 heteroatoms. The van der Waals surface area contributed by atoms with Crippen molar-refractivity contribution in [3.63, 3.8) is 0 Å². The van der Waals surface area contributed by atoms with Crippen molar-refractivity contribution in [2.45, 2.75) is 38.1 Å². The highest BCUT2D eigenvalue weighted by atomic mass is 32.2. The Labute approximate surface area is 178 Å². The first-order valence-corrected chi connectivity index (χ1v) is 11.5. The maximum absolute atomic E-state index is 13.1. The van der Waals surface area contributed by atoms with Crippen LogP contribution < -0.4 is 5.32 Å². The van der Waals surface area contributed by atoms with Crippen LogP contribution in [0.1, 0.15) is 32.1 Å². The number of aromatic nitrogens is 4. The highest BCUT2D eigenvalue weighted by molar-refractivity contribution is 7.98. The van der Waals surface area contributed by atoms with Crippen molar-refractivity contribution in [3.05, 3.63) is 30.6 Å². The molecule has 1 saturated carbocycles. The summed E-state index contributed by atoms with van der Waals surface area (Å²) in [5.41, 5.74) is 1.34. The first-order chi connectivity index (χ1) is 14.6. The summed E-state index contributed by atoms with van der Waals surface area (Å²) < 4.78 is 1.51. The smallest absolute Gasteiger partial charge is 0.247 e. The van der Waals surface area contributed by atoms with E-state index in [2.05, 4.69) is 20.8 Å². The maximum atomic E-state index is 13.1. The lowest BCUT2D eigenvalue weighted by atomic mass is 9.81. The normalized spacial score (nSPS) is 22.1. The Morgan fingerprint density at radius 2 is 1.83 bits per heavy atom. The second-order valence-corrected chi connectivity index (χ2v) is 8.62. The molecule has 0 bridgehead atoms. The van der Waals surface area contributed by atoms with E-state index in [9.17, 15) is 14.4 Å². The molecule has 2 fully saturated rings. The van der Waals surface area contributed by atoms with Crippen LogP contribution in [0.4, 0.5) is 5.69 Å². The van der Waals surface area contributed by atoms with E-state index < -0.39 is 6.04 Å². The second-order valence-electron chi connectivity index (χ2n) is 7.63. The summed E-state index contributed by atoms with van der Waals surface area (Å²) >= 11 is 1.59. The minimum atomic E-state index is -0.790. The molecule has 0 spiro atoms. The molecule has 2 aromatic rings. The fraction of sp³-hybridized carbons (Fsp3) is 0.500. The molecule has 3 atom stereocenters. The average molecular weight is 429 g/mol. The van der Waals surface area contributed by atoms with Gasteiger partial charge in [-0.15, -0.1) is 5.10 Å². The fourth-order valence-corrected chi connectivity index (χ4v) is 4.76. The van der Waals surface area contributed by atoms with Gasteiger partial charge in [0.1, 0.15) is 12.4 Å². The number of hydrogen-bond acceptors (Lipinski definition) is 7. The Balaban J connectivity index is 1.51. The summed E-state index contributed by atoms with van der Waals surface area (Å²) in [5, 5.41) is 13.9. The molecule has 1 aliphatic heterocycles. The SMILES string of the molecule is CSCCC(C(=O)Nc1ccc(-n2cnnn2)cc1)N1C(=O)C2CCCCC2C1=O. The molecular weight excluding hydrogens is 404 g/mol. The van der Waals surface area contributed by atoms with Crippen molar-refractivity contribution < 1.29 is 14.4 Å². The summed E-state index contributed by atoms with van der Waals surface area (Å²) in [7, 11) is 0. The van der Waals surface area contributed by atoms with Gasteiger partial charge in [0.15, 0.2) is 0 Å². The molecule has 3 unspecified atom stereocenters. The fourth-order valence-electron chi connectivity index (χ4n) is 4.30. The van der Waals surface area contributed by atoms with Gasteiger partial charge in [-0.2, -0.15) is 11.8 Å². The predicted molar refractivity (Wildman–Crippen MR) is 112 cm³/mol. The summed E-state index contributed by atoms with van der Waals surface area (Å²) in [6.45, 7) is 0. The largest absolute Gasteiger partial charge is 0.324 e. The van der Waals surface area contributed by atoms with Crippen molar-refractivity contribution in [2.24, 2.45) is 11.8 Å². The minimum Gasteiger partial charge on any atom is -0.324 e. The van der Waals surface area contributed by atoms with Crippen molar-refractivity contribution >= 4 is 35.2 Å². The number of thioether (sulfide) groups is 1. The van der Waals surface area contributed by atoms with E-state index in [0.717, 1.165) is 31.4 Å². The van der Waals surface area contributed by atoms with Gasteiger partial charge in [-0.1, -0.05) is 12.8 Å². The minimum absolute atomic E-state index is 0.181. The van der Waals surface area contributed by atoms with Crippen molar-refractivity contribution in [3.8, 4) is 5.69 Å². The molecule has 4 rings (SSSR count). The third-order valence-electron chi connectivity index (χ3n) is 5.83. The number of tetrazole rings is 1. The zero-order valence-electron chi connectivity index (χ0n) is 16.7. The van der Waals surface area contributed by atoms with E-state index in [1.54, 1.807) is 36.0 Å². The van der Waals surface area contributed by atoms with Gasteiger partial charge >= 0.3 is 0 Å². The van der Waals surface area contributed by atoms with Gasteiger partial charge in [0.05, 0.1) is 17.5 Å². The lowest BCUT2D eigenvalue weighted by Crippen LogP contribution is -2.48. The molecule has 30 heavy (non-hydrogen) atoms. The molecule has 1 saturated heterocycles. The standard InChI is InChI=1S/C20H24N6O3S/c1-30-11-10-17(26-19(28)15-4-2-3-5-16(15)20(26)29)18(27)22-13-6-8-14(9-7-13)25-12-21-23-24-25/h6-9,12,15-17H,2-5,10-11H2,1H3,(H,22,27). The number of nitrogens with one attached hydrogen (secondary N) is 1. The van der Waals surface area contributed by atoms with Crippen LogP contribution in [0.25, 0.3) is 5.69 Å². The van der Waals surface area contributed by atoms with Gasteiger partial charge < -0.3 is 5.32 Å². The van der Waals surface area contributed by atoms with Crippen LogP contribution in [-0.4, -0.2) is 60.9 Å². The van der Waals surface area contributed by atoms with Crippen LogP contribution in [0.15, 0.2) is 30.6 Å². The molecule has 158 valence electrons. The lowest BCUT2D eigenvalue weighted by molar-refractivity contribution is -0.146. The zero-order chi connectivity index (χ0) is 21.1. The van der Waals surface area contributed by atoms with E-state index in [1.165, 1.54) is 15.9 Å². The molecule has 2 heterocycles. The van der Waals surface area contributed by atoms with Gasteiger partial charge in [-0.3, -0.25) is 19.3 Å². The predicted octanol–water partition coefficient (Wildman–Crippen LogP) is 1.90. The van der Waals surface area contributed by atoms with Crippen LogP contribution in [0.2, 0.25) is 0 Å². The Bertz CT molecular complexity index is 893. The maximum Gasteiger partial charge on any atom is 0.247 e. The number of nitrogens with zero attached hydrogens (tertiary/aromatic N) is 5. The Morgan fingerprint density at radius 3 is 2.40 bits per heavy atom. The average Bonchev–Trinajstić information content (AvgIpc) is 3.38. The number of carbonyl (C=O) groups excluding carboxylic acids is 3. The van der Waals surface area contributed by atoms with E-state index in [1.807, 2.05) is 6.26 Å². The molecular formula is C20H24N6O3S. The first-order valence-electron chi connectivity index (χ1n) is 10.1. The van der Waals surface area contributed by atoms with Crippen LogP contribution in [-0.2, 0) is 14.4 Å². The van der Waals surface area contributed by atoms with E-state index >= 15 is 0 Å².